The number of anilines is 2. The summed E-state index contributed by atoms with van der Waals surface area (Å²) in [7, 11) is 0. The first-order chi connectivity index (χ1) is 11.5. The van der Waals surface area contributed by atoms with Crippen molar-refractivity contribution in [2.45, 2.75) is 25.7 Å². The number of carbonyl (C=O) groups is 2. The number of thioether (sulfide) groups is 1. The van der Waals surface area contributed by atoms with Crippen molar-refractivity contribution in [2.24, 2.45) is 0 Å². The Hall–Kier alpha value is -2.27. The summed E-state index contributed by atoms with van der Waals surface area (Å²) in [6.07, 6.45) is 0. The first-order valence-electron chi connectivity index (χ1n) is 7.85. The highest BCUT2D eigenvalue weighted by Gasteiger charge is 2.26. The molecule has 2 aromatic carbocycles. The van der Waals surface area contributed by atoms with E-state index < -0.39 is 0 Å². The van der Waals surface area contributed by atoms with Crippen LogP contribution >= 0.6 is 11.8 Å². The van der Waals surface area contributed by atoms with Gasteiger partial charge in [0.25, 0.3) is 0 Å². The molecule has 1 heterocycles. The number of nitrogens with one attached hydrogen (secondary N) is 1. The van der Waals surface area contributed by atoms with Gasteiger partial charge < -0.3 is 10.2 Å². The molecular weight excluding hydrogens is 320 g/mol. The zero-order chi connectivity index (χ0) is 17.3. The second kappa shape index (κ2) is 6.69. The molecule has 2 aromatic rings. The van der Waals surface area contributed by atoms with Gasteiger partial charge in [-0.1, -0.05) is 29.8 Å². The summed E-state index contributed by atoms with van der Waals surface area (Å²) < 4.78 is 0. The van der Waals surface area contributed by atoms with E-state index in [9.17, 15) is 9.59 Å². The van der Waals surface area contributed by atoms with Crippen molar-refractivity contribution in [1.82, 2.24) is 0 Å². The maximum absolute atomic E-state index is 12.7. The molecule has 0 saturated carbocycles. The lowest BCUT2D eigenvalue weighted by atomic mass is 10.1. The van der Waals surface area contributed by atoms with E-state index in [1.807, 2.05) is 24.3 Å². The van der Waals surface area contributed by atoms with Crippen LogP contribution in [-0.2, 0) is 9.59 Å². The van der Waals surface area contributed by atoms with Crippen molar-refractivity contribution in [3.05, 3.63) is 53.1 Å². The van der Waals surface area contributed by atoms with Crippen LogP contribution in [0.25, 0.3) is 0 Å². The quantitative estimate of drug-likeness (QED) is 0.867. The lowest BCUT2D eigenvalue weighted by Crippen LogP contribution is -2.43. The molecule has 0 unspecified atom stereocenters. The third-order valence-corrected chi connectivity index (χ3v) is 5.34. The Morgan fingerprint density at radius 1 is 1.17 bits per heavy atom. The Kier molecular flexibility index (Phi) is 4.62. The molecule has 5 heteroatoms. The summed E-state index contributed by atoms with van der Waals surface area (Å²) in [4.78, 5) is 27.3. The minimum Gasteiger partial charge on any atom is -0.323 e. The number of benzene rings is 2. The van der Waals surface area contributed by atoms with Crippen LogP contribution in [0.2, 0.25) is 0 Å². The van der Waals surface area contributed by atoms with Crippen LogP contribution in [0.1, 0.15) is 16.7 Å². The zero-order valence-corrected chi connectivity index (χ0v) is 14.9. The molecule has 0 fully saturated rings. The van der Waals surface area contributed by atoms with Crippen LogP contribution in [0.3, 0.4) is 0 Å². The van der Waals surface area contributed by atoms with Crippen LogP contribution in [0.5, 0.6) is 0 Å². The molecule has 4 nitrogen and oxygen atoms in total. The van der Waals surface area contributed by atoms with E-state index in [0.717, 1.165) is 10.6 Å². The minimum atomic E-state index is -0.158. The third kappa shape index (κ3) is 3.31. The third-order valence-electron chi connectivity index (χ3n) is 4.02. The summed E-state index contributed by atoms with van der Waals surface area (Å²) in [5.41, 5.74) is 5.04. The predicted octanol–water partition coefficient (Wildman–Crippen LogP) is 3.69. The first-order valence-corrected chi connectivity index (χ1v) is 8.84. The topological polar surface area (TPSA) is 49.4 Å². The van der Waals surface area contributed by atoms with E-state index in [1.165, 1.54) is 28.5 Å². The van der Waals surface area contributed by atoms with Crippen LogP contribution < -0.4 is 10.2 Å². The molecule has 0 saturated heterocycles. The van der Waals surface area contributed by atoms with Crippen LogP contribution in [0, 0.1) is 20.8 Å². The lowest BCUT2D eigenvalue weighted by molar-refractivity contribution is -0.120. The zero-order valence-electron chi connectivity index (χ0n) is 14.1. The van der Waals surface area contributed by atoms with Gasteiger partial charge in [0.1, 0.15) is 6.54 Å². The molecule has 0 radical (unpaired) electrons. The fourth-order valence-electron chi connectivity index (χ4n) is 3.06. The SMILES string of the molecule is Cc1cc(C)c(SCC(=O)N2CC(=O)Nc3ccccc32)c(C)c1. The average Bonchev–Trinajstić information content (AvgIpc) is 2.52. The van der Waals surface area contributed by atoms with Crippen LogP contribution in [0.15, 0.2) is 41.3 Å². The highest BCUT2D eigenvalue weighted by atomic mass is 32.2. The van der Waals surface area contributed by atoms with E-state index >= 15 is 0 Å². The summed E-state index contributed by atoms with van der Waals surface area (Å²) in [6.45, 7) is 6.28. The van der Waals surface area contributed by atoms with Gasteiger partial charge in [0, 0.05) is 4.90 Å². The number of carbonyl (C=O) groups excluding carboxylic acids is 2. The van der Waals surface area contributed by atoms with Crippen molar-refractivity contribution in [2.75, 3.05) is 22.5 Å². The molecule has 0 aliphatic carbocycles. The maximum Gasteiger partial charge on any atom is 0.244 e. The molecular formula is C19H20N2O2S. The number of fused-ring (bicyclic) bond motifs is 1. The molecule has 1 aliphatic rings. The van der Waals surface area contributed by atoms with E-state index in [2.05, 4.69) is 38.2 Å². The number of rotatable bonds is 3. The van der Waals surface area contributed by atoms with Crippen molar-refractivity contribution in [3.8, 4) is 0 Å². The average molecular weight is 340 g/mol. The summed E-state index contributed by atoms with van der Waals surface area (Å²) in [5.74, 6) is 0.100. The van der Waals surface area contributed by atoms with E-state index in [4.69, 9.17) is 0 Å². The second-order valence-electron chi connectivity index (χ2n) is 6.06. The molecule has 0 bridgehead atoms. The van der Waals surface area contributed by atoms with Gasteiger partial charge in [0.15, 0.2) is 0 Å². The van der Waals surface area contributed by atoms with Gasteiger partial charge in [0.05, 0.1) is 17.1 Å². The molecule has 2 amide bonds. The Bertz CT molecular complexity index is 794. The van der Waals surface area contributed by atoms with E-state index in [0.29, 0.717) is 11.4 Å². The highest BCUT2D eigenvalue weighted by Crippen LogP contribution is 2.31. The van der Waals surface area contributed by atoms with Gasteiger partial charge in [-0.05, 0) is 44.0 Å². The molecule has 3 rings (SSSR count). The molecule has 124 valence electrons. The molecule has 1 aliphatic heterocycles. The largest absolute Gasteiger partial charge is 0.323 e. The molecule has 1 N–H and O–H groups in total. The van der Waals surface area contributed by atoms with Gasteiger partial charge in [-0.25, -0.2) is 0 Å². The van der Waals surface area contributed by atoms with Gasteiger partial charge in [-0.15, -0.1) is 11.8 Å². The fourth-order valence-corrected chi connectivity index (χ4v) is 4.06. The summed E-state index contributed by atoms with van der Waals surface area (Å²) in [6, 6.07) is 11.7. The van der Waals surface area contributed by atoms with Gasteiger partial charge in [-0.3, -0.25) is 9.59 Å². The maximum atomic E-state index is 12.7. The number of amides is 2. The van der Waals surface area contributed by atoms with Gasteiger partial charge >= 0.3 is 0 Å². The number of para-hydroxylation sites is 2. The van der Waals surface area contributed by atoms with Crippen molar-refractivity contribution in [3.63, 3.8) is 0 Å². The molecule has 24 heavy (non-hydrogen) atoms. The summed E-state index contributed by atoms with van der Waals surface area (Å²) >= 11 is 1.54. The van der Waals surface area contributed by atoms with E-state index in [1.54, 1.807) is 4.90 Å². The van der Waals surface area contributed by atoms with Crippen molar-refractivity contribution >= 4 is 35.0 Å². The summed E-state index contributed by atoms with van der Waals surface area (Å²) in [5, 5.41) is 2.80. The van der Waals surface area contributed by atoms with Crippen LogP contribution in [0.4, 0.5) is 11.4 Å². The Labute approximate surface area is 146 Å². The predicted molar refractivity (Wildman–Crippen MR) is 98.8 cm³/mol. The highest BCUT2D eigenvalue weighted by molar-refractivity contribution is 8.00. The van der Waals surface area contributed by atoms with Crippen LogP contribution in [-0.4, -0.2) is 24.1 Å². The first kappa shape index (κ1) is 16.6. The smallest absolute Gasteiger partial charge is 0.244 e. The van der Waals surface area contributed by atoms with Crippen molar-refractivity contribution < 1.29 is 9.59 Å². The Morgan fingerprint density at radius 2 is 1.83 bits per heavy atom. The number of hydrogen-bond donors (Lipinski definition) is 1. The van der Waals surface area contributed by atoms with E-state index in [-0.39, 0.29) is 18.4 Å². The standard InChI is InChI=1S/C19H20N2O2S/c1-12-8-13(2)19(14(3)9-12)24-11-18(23)21-10-17(22)20-15-6-4-5-7-16(15)21/h4-9H,10-11H2,1-3H3,(H,20,22). The molecule has 0 spiro atoms. The fraction of sp³-hybridized carbons (Fsp3) is 0.263. The molecule has 0 atom stereocenters. The Balaban J connectivity index is 1.78. The van der Waals surface area contributed by atoms with Gasteiger partial charge in [-0.2, -0.15) is 0 Å². The van der Waals surface area contributed by atoms with Gasteiger partial charge in [0.2, 0.25) is 11.8 Å². The van der Waals surface area contributed by atoms with Crippen molar-refractivity contribution in [1.29, 1.82) is 0 Å². The lowest BCUT2D eigenvalue weighted by Gasteiger charge is -2.29. The minimum absolute atomic E-state index is 0.0540. The Morgan fingerprint density at radius 3 is 2.54 bits per heavy atom. The normalized spacial score (nSPS) is 13.5. The molecule has 0 aromatic heterocycles. The number of nitrogens with zero attached hydrogens (tertiary/aromatic N) is 1. The number of aryl methyl sites for hydroxylation is 3. The monoisotopic (exact) mass is 340 g/mol. The number of hydrogen-bond acceptors (Lipinski definition) is 3. The second-order valence-corrected chi connectivity index (χ2v) is 7.05.